The van der Waals surface area contributed by atoms with E-state index in [0.717, 1.165) is 5.56 Å². The van der Waals surface area contributed by atoms with Crippen LogP contribution in [0.5, 0.6) is 5.75 Å². The predicted molar refractivity (Wildman–Crippen MR) is 90.4 cm³/mol. The van der Waals surface area contributed by atoms with Gasteiger partial charge in [-0.25, -0.2) is 0 Å². The van der Waals surface area contributed by atoms with Crippen molar-refractivity contribution < 1.29 is 9.53 Å². The van der Waals surface area contributed by atoms with Gasteiger partial charge in [0.2, 0.25) is 0 Å². The number of hydrogen-bond acceptors (Lipinski definition) is 4. The van der Waals surface area contributed by atoms with E-state index in [-0.39, 0.29) is 5.91 Å². The number of nitrogen functional groups attached to an aromatic ring is 1. The van der Waals surface area contributed by atoms with Crippen LogP contribution in [-0.2, 0) is 5.41 Å². The number of rotatable bonds is 4. The summed E-state index contributed by atoms with van der Waals surface area (Å²) in [6.07, 6.45) is 0. The number of carbonyl (C=O) groups excluding carboxylic acids is 1. The van der Waals surface area contributed by atoms with Crippen molar-refractivity contribution in [3.8, 4) is 11.8 Å². The Hall–Kier alpha value is -3.00. The van der Waals surface area contributed by atoms with Gasteiger partial charge in [0, 0.05) is 11.3 Å². The van der Waals surface area contributed by atoms with E-state index >= 15 is 0 Å². The summed E-state index contributed by atoms with van der Waals surface area (Å²) in [6.45, 7) is 3.63. The van der Waals surface area contributed by atoms with Gasteiger partial charge in [0.25, 0.3) is 5.91 Å². The molecule has 0 spiro atoms. The number of benzene rings is 2. The fourth-order valence-electron chi connectivity index (χ4n) is 2.13. The van der Waals surface area contributed by atoms with E-state index in [1.54, 1.807) is 36.4 Å². The minimum absolute atomic E-state index is 0.259. The zero-order chi connectivity index (χ0) is 17.0. The third-order valence-corrected chi connectivity index (χ3v) is 3.61. The number of anilines is 2. The number of hydrogen-bond donors (Lipinski definition) is 2. The second-order valence-corrected chi connectivity index (χ2v) is 5.73. The molecule has 0 aliphatic carbocycles. The summed E-state index contributed by atoms with van der Waals surface area (Å²) in [5.74, 6) is 0.297. The lowest BCUT2D eigenvalue weighted by atomic mass is 9.85. The lowest BCUT2D eigenvalue weighted by Gasteiger charge is -2.16. The first kappa shape index (κ1) is 16.4. The van der Waals surface area contributed by atoms with Gasteiger partial charge in [0.1, 0.15) is 5.75 Å². The summed E-state index contributed by atoms with van der Waals surface area (Å²) in [5.41, 5.74) is 7.49. The van der Waals surface area contributed by atoms with E-state index in [1.165, 1.54) is 7.11 Å². The van der Waals surface area contributed by atoms with Crippen molar-refractivity contribution in [2.45, 2.75) is 19.3 Å². The zero-order valence-electron chi connectivity index (χ0n) is 13.4. The first-order chi connectivity index (χ1) is 10.9. The second-order valence-electron chi connectivity index (χ2n) is 5.73. The van der Waals surface area contributed by atoms with Crippen molar-refractivity contribution in [3.05, 3.63) is 53.6 Å². The molecular formula is C18H19N3O2. The minimum atomic E-state index is -0.652. The van der Waals surface area contributed by atoms with Crippen molar-refractivity contribution in [1.29, 1.82) is 5.26 Å². The summed E-state index contributed by atoms with van der Waals surface area (Å²) in [7, 11) is 1.53. The Morgan fingerprint density at radius 3 is 2.61 bits per heavy atom. The Morgan fingerprint density at radius 2 is 2.00 bits per heavy atom. The average molecular weight is 309 g/mol. The molecule has 0 atom stereocenters. The fourth-order valence-corrected chi connectivity index (χ4v) is 2.13. The highest BCUT2D eigenvalue weighted by atomic mass is 16.5. The van der Waals surface area contributed by atoms with Crippen molar-refractivity contribution in [3.63, 3.8) is 0 Å². The Balaban J connectivity index is 2.23. The molecule has 3 N–H and O–H groups in total. The molecule has 1 amide bonds. The van der Waals surface area contributed by atoms with Gasteiger partial charge in [0.15, 0.2) is 0 Å². The molecule has 0 heterocycles. The van der Waals surface area contributed by atoms with E-state index in [9.17, 15) is 10.1 Å². The maximum absolute atomic E-state index is 12.4. The van der Waals surface area contributed by atoms with Crippen LogP contribution in [0.4, 0.5) is 11.4 Å². The summed E-state index contributed by atoms with van der Waals surface area (Å²) in [6, 6.07) is 14.3. The largest absolute Gasteiger partial charge is 0.495 e. The zero-order valence-corrected chi connectivity index (χ0v) is 13.4. The van der Waals surface area contributed by atoms with Crippen molar-refractivity contribution >= 4 is 17.3 Å². The molecule has 2 aromatic carbocycles. The number of carbonyl (C=O) groups is 1. The van der Waals surface area contributed by atoms with Crippen LogP contribution in [0.2, 0.25) is 0 Å². The normalized spacial score (nSPS) is 10.7. The van der Waals surface area contributed by atoms with E-state index in [0.29, 0.717) is 22.7 Å². The van der Waals surface area contributed by atoms with Gasteiger partial charge in [-0.3, -0.25) is 4.79 Å². The Bertz CT molecular complexity index is 776. The molecule has 2 rings (SSSR count). The number of nitrogens with two attached hydrogens (primary N) is 1. The number of ether oxygens (including phenoxy) is 1. The summed E-state index contributed by atoms with van der Waals surface area (Å²) >= 11 is 0. The molecule has 0 unspecified atom stereocenters. The number of amides is 1. The second kappa shape index (κ2) is 6.41. The SMILES string of the molecule is COc1ccc(NC(=O)c2cccc(C(C)(C)C#N)c2)cc1N. The molecule has 118 valence electrons. The van der Waals surface area contributed by atoms with Crippen LogP contribution >= 0.6 is 0 Å². The van der Waals surface area contributed by atoms with Gasteiger partial charge in [0.05, 0.1) is 24.3 Å². The quantitative estimate of drug-likeness (QED) is 0.848. The van der Waals surface area contributed by atoms with Crippen LogP contribution in [0.15, 0.2) is 42.5 Å². The molecule has 23 heavy (non-hydrogen) atoms. The molecule has 0 fully saturated rings. The number of nitrogens with zero attached hydrogens (tertiary/aromatic N) is 1. The predicted octanol–water partition coefficient (Wildman–Crippen LogP) is 3.33. The Labute approximate surface area is 135 Å². The molecule has 2 aromatic rings. The van der Waals surface area contributed by atoms with Crippen molar-refractivity contribution in [2.75, 3.05) is 18.2 Å². The van der Waals surface area contributed by atoms with Gasteiger partial charge < -0.3 is 15.8 Å². The highest BCUT2D eigenvalue weighted by molar-refractivity contribution is 6.04. The van der Waals surface area contributed by atoms with Crippen LogP contribution in [0.25, 0.3) is 0 Å². The molecule has 0 bridgehead atoms. The molecule has 0 radical (unpaired) electrons. The van der Waals surface area contributed by atoms with Crippen LogP contribution in [0.1, 0.15) is 29.8 Å². The smallest absolute Gasteiger partial charge is 0.255 e. The number of methoxy groups -OCH3 is 1. The molecule has 0 aromatic heterocycles. The third-order valence-electron chi connectivity index (χ3n) is 3.61. The monoisotopic (exact) mass is 309 g/mol. The van der Waals surface area contributed by atoms with Crippen molar-refractivity contribution in [2.24, 2.45) is 0 Å². The molecular weight excluding hydrogens is 290 g/mol. The van der Waals surface area contributed by atoms with Gasteiger partial charge >= 0.3 is 0 Å². The van der Waals surface area contributed by atoms with Crippen molar-refractivity contribution in [1.82, 2.24) is 0 Å². The molecule has 5 nitrogen and oxygen atoms in total. The van der Waals surface area contributed by atoms with E-state index < -0.39 is 5.41 Å². The maximum Gasteiger partial charge on any atom is 0.255 e. The number of nitriles is 1. The van der Waals surface area contributed by atoms with Crippen LogP contribution < -0.4 is 15.8 Å². The van der Waals surface area contributed by atoms with Gasteiger partial charge in [-0.1, -0.05) is 12.1 Å². The number of nitrogens with one attached hydrogen (secondary N) is 1. The first-order valence-electron chi connectivity index (χ1n) is 7.14. The van der Waals surface area contributed by atoms with Crippen LogP contribution in [0.3, 0.4) is 0 Å². The lowest BCUT2D eigenvalue weighted by molar-refractivity contribution is 0.102. The van der Waals surface area contributed by atoms with E-state index in [2.05, 4.69) is 11.4 Å². The summed E-state index contributed by atoms with van der Waals surface area (Å²) in [4.78, 5) is 12.4. The Kier molecular flexibility index (Phi) is 4.56. The summed E-state index contributed by atoms with van der Waals surface area (Å²) < 4.78 is 5.09. The maximum atomic E-state index is 12.4. The standard InChI is InChI=1S/C18H19N3O2/c1-18(2,11-19)13-6-4-5-12(9-13)17(22)21-14-7-8-16(23-3)15(20)10-14/h4-10H,20H2,1-3H3,(H,21,22). The van der Waals surface area contributed by atoms with Crippen LogP contribution in [-0.4, -0.2) is 13.0 Å². The molecule has 0 saturated heterocycles. The minimum Gasteiger partial charge on any atom is -0.495 e. The molecule has 0 saturated carbocycles. The van der Waals surface area contributed by atoms with Gasteiger partial charge in [-0.2, -0.15) is 5.26 Å². The highest BCUT2D eigenvalue weighted by Gasteiger charge is 2.20. The molecule has 0 aliphatic rings. The molecule has 0 aliphatic heterocycles. The summed E-state index contributed by atoms with van der Waals surface area (Å²) in [5, 5.41) is 12.0. The molecule has 5 heteroatoms. The topological polar surface area (TPSA) is 88.1 Å². The fraction of sp³-hybridized carbons (Fsp3) is 0.222. The van der Waals surface area contributed by atoms with Gasteiger partial charge in [-0.05, 0) is 49.7 Å². The van der Waals surface area contributed by atoms with Crippen LogP contribution in [0, 0.1) is 11.3 Å². The van der Waals surface area contributed by atoms with E-state index in [4.69, 9.17) is 10.5 Å². The lowest BCUT2D eigenvalue weighted by Crippen LogP contribution is -2.17. The van der Waals surface area contributed by atoms with Gasteiger partial charge in [-0.15, -0.1) is 0 Å². The van der Waals surface area contributed by atoms with E-state index in [1.807, 2.05) is 19.9 Å². The Morgan fingerprint density at radius 1 is 1.26 bits per heavy atom. The average Bonchev–Trinajstić information content (AvgIpc) is 2.55. The first-order valence-corrected chi connectivity index (χ1v) is 7.14. The highest BCUT2D eigenvalue weighted by Crippen LogP contribution is 2.26. The third kappa shape index (κ3) is 3.61.